The van der Waals surface area contributed by atoms with Crippen LogP contribution in [0.3, 0.4) is 0 Å². The Bertz CT molecular complexity index is 615. The fourth-order valence-electron chi connectivity index (χ4n) is 1.64. The minimum Gasteiger partial charge on any atom is -0.468 e. The van der Waals surface area contributed by atoms with Crippen molar-refractivity contribution in [2.24, 2.45) is 0 Å². The Morgan fingerprint density at radius 1 is 1.61 bits per heavy atom. The lowest BCUT2D eigenvalue weighted by Gasteiger charge is -2.06. The van der Waals surface area contributed by atoms with Crippen molar-refractivity contribution in [2.75, 3.05) is 7.11 Å². The number of imidazole rings is 1. The zero-order chi connectivity index (χ0) is 13.3. The molecule has 0 radical (unpaired) electrons. The molecule has 2 rings (SSSR count). The lowest BCUT2D eigenvalue weighted by molar-refractivity contribution is -0.141. The van der Waals surface area contributed by atoms with Gasteiger partial charge < -0.3 is 9.30 Å². The number of carbonyl (C=O) groups excluding carboxylic acids is 1. The molecule has 2 aromatic rings. The highest BCUT2D eigenvalue weighted by molar-refractivity contribution is 9.10. The zero-order valence-corrected chi connectivity index (χ0v) is 11.8. The summed E-state index contributed by atoms with van der Waals surface area (Å²) < 4.78 is 20.0. The average molecular weight is 336 g/mol. The molecule has 0 aliphatic carbocycles. The molecule has 0 N–H and O–H groups in total. The molecule has 0 unspecified atom stereocenters. The van der Waals surface area contributed by atoms with Crippen LogP contribution in [0.1, 0.15) is 5.82 Å². The van der Waals surface area contributed by atoms with Gasteiger partial charge in [0.15, 0.2) is 0 Å². The van der Waals surface area contributed by atoms with Crippen LogP contribution in [-0.2, 0) is 22.0 Å². The number of esters is 1. The van der Waals surface area contributed by atoms with E-state index in [1.165, 1.54) is 13.2 Å². The summed E-state index contributed by atoms with van der Waals surface area (Å²) in [4.78, 5) is 15.6. The molecule has 96 valence electrons. The number of ether oxygens (including phenoxy) is 1. The van der Waals surface area contributed by atoms with Gasteiger partial charge in [-0.15, -0.1) is 11.6 Å². The molecule has 1 aromatic carbocycles. The Labute approximate surface area is 116 Å². The van der Waals surface area contributed by atoms with Crippen molar-refractivity contribution in [1.82, 2.24) is 9.55 Å². The molecule has 7 heteroatoms. The van der Waals surface area contributed by atoms with Gasteiger partial charge in [0.1, 0.15) is 18.2 Å². The smallest absolute Gasteiger partial charge is 0.325 e. The van der Waals surface area contributed by atoms with Gasteiger partial charge in [0.05, 0.1) is 28.5 Å². The Morgan fingerprint density at radius 2 is 2.33 bits per heavy atom. The average Bonchev–Trinajstić information content (AvgIpc) is 2.67. The quantitative estimate of drug-likeness (QED) is 0.640. The van der Waals surface area contributed by atoms with E-state index in [1.807, 2.05) is 0 Å². The Balaban J connectivity index is 2.61. The Kier molecular flexibility index (Phi) is 3.87. The number of aromatic nitrogens is 2. The highest BCUT2D eigenvalue weighted by Crippen LogP contribution is 2.24. The molecule has 18 heavy (non-hydrogen) atoms. The van der Waals surface area contributed by atoms with Crippen molar-refractivity contribution in [2.45, 2.75) is 12.4 Å². The first-order valence-corrected chi connectivity index (χ1v) is 6.36. The molecule has 0 aliphatic rings. The molecule has 1 aromatic heterocycles. The van der Waals surface area contributed by atoms with Crippen molar-refractivity contribution in [3.05, 3.63) is 28.2 Å². The van der Waals surface area contributed by atoms with Crippen LogP contribution in [0.15, 0.2) is 16.6 Å². The van der Waals surface area contributed by atoms with Gasteiger partial charge >= 0.3 is 5.97 Å². The van der Waals surface area contributed by atoms with Gasteiger partial charge in [0.2, 0.25) is 0 Å². The van der Waals surface area contributed by atoms with E-state index in [0.717, 1.165) is 0 Å². The number of hydrogen-bond donors (Lipinski definition) is 0. The second-order valence-electron chi connectivity index (χ2n) is 3.58. The van der Waals surface area contributed by atoms with E-state index in [-0.39, 0.29) is 12.4 Å². The van der Waals surface area contributed by atoms with Gasteiger partial charge in [-0.1, -0.05) is 0 Å². The number of hydrogen-bond acceptors (Lipinski definition) is 3. The van der Waals surface area contributed by atoms with Crippen LogP contribution < -0.4 is 0 Å². The summed E-state index contributed by atoms with van der Waals surface area (Å²) in [5.41, 5.74) is 1.08. The van der Waals surface area contributed by atoms with Gasteiger partial charge in [-0.05, 0) is 22.0 Å². The van der Waals surface area contributed by atoms with E-state index in [2.05, 4.69) is 25.7 Å². The topological polar surface area (TPSA) is 44.1 Å². The van der Waals surface area contributed by atoms with Crippen molar-refractivity contribution in [3.8, 4) is 0 Å². The normalized spacial score (nSPS) is 10.9. The molecule has 4 nitrogen and oxygen atoms in total. The van der Waals surface area contributed by atoms with E-state index < -0.39 is 11.8 Å². The third-order valence-corrected chi connectivity index (χ3v) is 3.35. The maximum Gasteiger partial charge on any atom is 0.325 e. The van der Waals surface area contributed by atoms with Crippen molar-refractivity contribution >= 4 is 44.5 Å². The third-order valence-electron chi connectivity index (χ3n) is 2.50. The molecule has 0 amide bonds. The predicted molar refractivity (Wildman–Crippen MR) is 69.0 cm³/mol. The first-order chi connectivity index (χ1) is 8.56. The lowest BCUT2D eigenvalue weighted by Crippen LogP contribution is -2.13. The van der Waals surface area contributed by atoms with Gasteiger partial charge in [0, 0.05) is 6.07 Å². The lowest BCUT2D eigenvalue weighted by atomic mass is 10.3. The maximum absolute atomic E-state index is 13.5. The fourth-order valence-corrected chi connectivity index (χ4v) is 2.18. The molecule has 1 heterocycles. The number of alkyl halides is 1. The second kappa shape index (κ2) is 5.24. The predicted octanol–water partition coefficient (Wildman–Crippen LogP) is 2.85. The minimum atomic E-state index is -0.441. The zero-order valence-electron chi connectivity index (χ0n) is 9.41. The van der Waals surface area contributed by atoms with E-state index in [1.54, 1.807) is 10.6 Å². The van der Waals surface area contributed by atoms with Crippen LogP contribution >= 0.6 is 27.5 Å². The highest BCUT2D eigenvalue weighted by atomic mass is 79.9. The summed E-state index contributed by atoms with van der Waals surface area (Å²) in [5.74, 6) is -0.238. The molecule has 0 spiro atoms. The maximum atomic E-state index is 13.5. The third kappa shape index (κ3) is 2.35. The number of benzene rings is 1. The first kappa shape index (κ1) is 13.3. The SMILES string of the molecule is COC(=O)Cn1c(CCl)nc2cc(Br)c(F)cc21. The largest absolute Gasteiger partial charge is 0.468 e. The summed E-state index contributed by atoms with van der Waals surface area (Å²) in [6.45, 7) is -0.0455. The Morgan fingerprint density at radius 3 is 2.94 bits per heavy atom. The summed E-state index contributed by atoms with van der Waals surface area (Å²) in [6, 6.07) is 2.86. The van der Waals surface area contributed by atoms with Crippen LogP contribution in [0.4, 0.5) is 4.39 Å². The molecule has 0 saturated carbocycles. The molecular formula is C11H9BrClFN2O2. The molecule has 0 bridgehead atoms. The summed E-state index contributed by atoms with van der Waals surface area (Å²) in [5, 5.41) is 0. The number of halogens is 3. The van der Waals surface area contributed by atoms with E-state index in [9.17, 15) is 9.18 Å². The van der Waals surface area contributed by atoms with Gasteiger partial charge in [-0.2, -0.15) is 0 Å². The second-order valence-corrected chi connectivity index (χ2v) is 4.70. The number of methoxy groups -OCH3 is 1. The van der Waals surface area contributed by atoms with E-state index in [0.29, 0.717) is 21.3 Å². The van der Waals surface area contributed by atoms with Crippen molar-refractivity contribution in [1.29, 1.82) is 0 Å². The molecule has 0 saturated heterocycles. The van der Waals surface area contributed by atoms with E-state index in [4.69, 9.17) is 11.6 Å². The van der Waals surface area contributed by atoms with Crippen molar-refractivity contribution in [3.63, 3.8) is 0 Å². The van der Waals surface area contributed by atoms with Gasteiger partial charge in [-0.25, -0.2) is 9.37 Å². The molecule has 0 aliphatic heterocycles. The van der Waals surface area contributed by atoms with Crippen LogP contribution in [0.25, 0.3) is 11.0 Å². The van der Waals surface area contributed by atoms with Crippen LogP contribution in [-0.4, -0.2) is 22.6 Å². The summed E-state index contributed by atoms with van der Waals surface area (Å²) >= 11 is 8.86. The summed E-state index contributed by atoms with van der Waals surface area (Å²) in [6.07, 6.45) is 0. The number of fused-ring (bicyclic) bond motifs is 1. The van der Waals surface area contributed by atoms with Gasteiger partial charge in [-0.3, -0.25) is 4.79 Å². The molecular weight excluding hydrogens is 326 g/mol. The molecule has 0 atom stereocenters. The fraction of sp³-hybridized carbons (Fsp3) is 0.273. The number of carbonyl (C=O) groups is 1. The first-order valence-electron chi connectivity index (χ1n) is 5.03. The highest BCUT2D eigenvalue weighted by Gasteiger charge is 2.15. The van der Waals surface area contributed by atoms with Crippen LogP contribution in [0, 0.1) is 5.82 Å². The van der Waals surface area contributed by atoms with Crippen LogP contribution in [0.5, 0.6) is 0 Å². The van der Waals surface area contributed by atoms with Gasteiger partial charge in [0.25, 0.3) is 0 Å². The number of nitrogens with zero attached hydrogens (tertiary/aromatic N) is 2. The summed E-state index contributed by atoms with van der Waals surface area (Å²) in [7, 11) is 1.29. The molecule has 0 fully saturated rings. The van der Waals surface area contributed by atoms with E-state index >= 15 is 0 Å². The van der Waals surface area contributed by atoms with Crippen molar-refractivity contribution < 1.29 is 13.9 Å². The van der Waals surface area contributed by atoms with Crippen LogP contribution in [0.2, 0.25) is 0 Å². The Hall–Kier alpha value is -1.14. The number of rotatable bonds is 3. The minimum absolute atomic E-state index is 0.0455. The monoisotopic (exact) mass is 334 g/mol. The standard InChI is InChI=1S/C11H9BrClFN2O2/c1-18-11(17)5-16-9-3-7(14)6(12)2-8(9)15-10(16)4-13/h2-3H,4-5H2,1H3.